The Morgan fingerprint density at radius 3 is 2.42 bits per heavy atom. The molecule has 1 fully saturated rings. The first kappa shape index (κ1) is 26.5. The lowest BCUT2D eigenvalue weighted by atomic mass is 10.0. The Morgan fingerprint density at radius 2 is 1.77 bits per heavy atom. The number of amides is 1. The minimum atomic E-state index is -0.417. The fraction of sp³-hybridized carbons (Fsp3) is 0.241. The van der Waals surface area contributed by atoms with Gasteiger partial charge in [-0.2, -0.15) is 15.5 Å². The van der Waals surface area contributed by atoms with Gasteiger partial charge < -0.3 is 9.80 Å². The van der Waals surface area contributed by atoms with E-state index >= 15 is 0 Å². The number of carbonyl (C=O) groups is 1. The summed E-state index contributed by atoms with van der Waals surface area (Å²) in [5.74, 6) is 0.378. The van der Waals surface area contributed by atoms with E-state index in [0.717, 1.165) is 39.8 Å². The Morgan fingerprint density at radius 1 is 0.950 bits per heavy atom. The van der Waals surface area contributed by atoms with Gasteiger partial charge in [-0.15, -0.1) is 0 Å². The number of nitrogens with zero attached hydrogens (tertiary/aromatic N) is 9. The summed E-state index contributed by atoms with van der Waals surface area (Å²) in [6, 6.07) is 11.1. The number of nitriles is 1. The highest BCUT2D eigenvalue weighted by molar-refractivity contribution is 5.87. The van der Waals surface area contributed by atoms with Crippen molar-refractivity contribution in [2.45, 2.75) is 13.8 Å². The van der Waals surface area contributed by atoms with Crippen LogP contribution in [0.5, 0.6) is 0 Å². The van der Waals surface area contributed by atoms with Gasteiger partial charge in [0.15, 0.2) is 0 Å². The van der Waals surface area contributed by atoms with Crippen molar-refractivity contribution in [2.75, 3.05) is 31.1 Å². The molecule has 0 saturated carbocycles. The second kappa shape index (κ2) is 10.9. The van der Waals surface area contributed by atoms with Crippen LogP contribution >= 0.6 is 0 Å². The van der Waals surface area contributed by atoms with E-state index in [2.05, 4.69) is 26.2 Å². The van der Waals surface area contributed by atoms with E-state index in [1.54, 1.807) is 32.6 Å². The zero-order chi connectivity index (χ0) is 26.9. The van der Waals surface area contributed by atoms with Crippen LogP contribution in [0.3, 0.4) is 0 Å². The first-order valence-electron chi connectivity index (χ1n) is 12.5. The molecule has 0 spiro atoms. The van der Waals surface area contributed by atoms with Crippen LogP contribution in [0.15, 0.2) is 67.5 Å². The number of piperazine rings is 1. The molecule has 0 bridgehead atoms. The van der Waals surface area contributed by atoms with Crippen LogP contribution in [-0.2, 0) is 18.3 Å². The van der Waals surface area contributed by atoms with Crippen LogP contribution in [0.1, 0.15) is 18.7 Å². The smallest absolute Gasteiger partial charge is 0.228 e. The maximum absolute atomic E-state index is 13.1. The third-order valence-electron chi connectivity index (χ3n) is 6.91. The molecule has 6 rings (SSSR count). The van der Waals surface area contributed by atoms with Gasteiger partial charge in [-0.1, -0.05) is 7.43 Å². The molecule has 6 heterocycles. The van der Waals surface area contributed by atoms with Crippen LogP contribution in [0.2, 0.25) is 0 Å². The van der Waals surface area contributed by atoms with Crippen LogP contribution in [0, 0.1) is 17.1 Å². The molecule has 0 aliphatic carbocycles. The molecular weight excluding hydrogens is 509 g/mol. The van der Waals surface area contributed by atoms with Crippen LogP contribution < -0.4 is 4.90 Å². The summed E-state index contributed by atoms with van der Waals surface area (Å²) in [6.45, 7) is 2.44. The summed E-state index contributed by atoms with van der Waals surface area (Å²) < 4.78 is 16.6. The van der Waals surface area contributed by atoms with Crippen molar-refractivity contribution in [1.29, 1.82) is 5.26 Å². The normalized spacial score (nSPS) is 13.2. The van der Waals surface area contributed by atoms with Gasteiger partial charge in [0.1, 0.15) is 17.7 Å². The predicted molar refractivity (Wildman–Crippen MR) is 149 cm³/mol. The van der Waals surface area contributed by atoms with Gasteiger partial charge in [-0.3, -0.25) is 14.5 Å². The highest BCUT2D eigenvalue weighted by Gasteiger charge is 2.23. The number of carbonyl (C=O) groups excluding carboxylic acids is 1. The van der Waals surface area contributed by atoms with Crippen molar-refractivity contribution in [1.82, 2.24) is 34.3 Å². The molecule has 202 valence electrons. The van der Waals surface area contributed by atoms with Crippen molar-refractivity contribution < 1.29 is 9.18 Å². The maximum Gasteiger partial charge on any atom is 0.228 e. The topological polar surface area (TPSA) is 108 Å². The van der Waals surface area contributed by atoms with E-state index in [1.165, 1.54) is 6.07 Å². The molecule has 1 aliphatic heterocycles. The Kier molecular flexibility index (Phi) is 7.25. The molecule has 1 amide bonds. The van der Waals surface area contributed by atoms with Gasteiger partial charge in [-0.25, -0.2) is 13.9 Å². The minimum Gasteiger partial charge on any atom is -0.353 e. The quantitative estimate of drug-likeness (QED) is 0.336. The molecule has 0 aromatic carbocycles. The highest BCUT2D eigenvalue weighted by atomic mass is 19.1. The van der Waals surface area contributed by atoms with E-state index in [9.17, 15) is 14.4 Å². The molecule has 11 heteroatoms. The van der Waals surface area contributed by atoms with Crippen molar-refractivity contribution in [2.24, 2.45) is 7.05 Å². The lowest BCUT2D eigenvalue weighted by Crippen LogP contribution is -2.49. The molecule has 40 heavy (non-hydrogen) atoms. The molecule has 10 nitrogen and oxygen atoms in total. The number of fused-ring (bicyclic) bond motifs is 1. The van der Waals surface area contributed by atoms with E-state index in [4.69, 9.17) is 4.98 Å². The standard InChI is InChI=1S/C28H24FN9O.CH4/c1-35-17-22(15-33-35)20-10-25(28-21(12-30)14-34-38(28)18-20)19-2-5-26(32-13-19)36-6-8-37(9-7-36)27(39)11-24-4-3-23(29)16-31-24;/h2-5,10,13-18H,6-9,11H2,1H3;1H4. The number of aryl methyl sites for hydroxylation is 1. The number of anilines is 1. The summed E-state index contributed by atoms with van der Waals surface area (Å²) in [6.07, 6.45) is 10.3. The molecule has 0 N–H and O–H groups in total. The van der Waals surface area contributed by atoms with E-state index < -0.39 is 5.82 Å². The second-order valence-corrected chi connectivity index (χ2v) is 9.43. The number of hydrogen-bond donors (Lipinski definition) is 0. The van der Waals surface area contributed by atoms with Crippen molar-refractivity contribution in [3.8, 4) is 28.3 Å². The lowest BCUT2D eigenvalue weighted by molar-refractivity contribution is -0.130. The Hall–Kier alpha value is -5.11. The lowest BCUT2D eigenvalue weighted by Gasteiger charge is -2.35. The Bertz CT molecular complexity index is 1690. The van der Waals surface area contributed by atoms with Gasteiger partial charge in [0.2, 0.25) is 5.91 Å². The van der Waals surface area contributed by atoms with Crippen LogP contribution in [0.4, 0.5) is 10.2 Å². The van der Waals surface area contributed by atoms with Crippen LogP contribution in [-0.4, -0.2) is 66.3 Å². The average molecular weight is 538 g/mol. The number of aromatic nitrogens is 6. The third-order valence-corrected chi connectivity index (χ3v) is 6.91. The number of halogens is 1. The zero-order valence-electron chi connectivity index (χ0n) is 21.2. The molecule has 0 unspecified atom stereocenters. The molecule has 1 saturated heterocycles. The molecule has 5 aromatic rings. The molecule has 0 radical (unpaired) electrons. The van der Waals surface area contributed by atoms with Gasteiger partial charge in [0.25, 0.3) is 0 Å². The summed E-state index contributed by atoms with van der Waals surface area (Å²) >= 11 is 0. The van der Waals surface area contributed by atoms with Crippen molar-refractivity contribution in [3.05, 3.63) is 84.6 Å². The molecule has 1 aliphatic rings. The maximum atomic E-state index is 13.1. The van der Waals surface area contributed by atoms with E-state index in [0.29, 0.717) is 37.4 Å². The van der Waals surface area contributed by atoms with Gasteiger partial charge >= 0.3 is 0 Å². The Labute approximate surface area is 230 Å². The SMILES string of the molecule is C.Cn1cc(-c2cc(-c3ccc(N4CCN(C(=O)Cc5ccc(F)cn5)CC4)nc3)c3c(C#N)cnn3c2)cn1. The van der Waals surface area contributed by atoms with E-state index in [-0.39, 0.29) is 19.8 Å². The van der Waals surface area contributed by atoms with Crippen LogP contribution in [0.25, 0.3) is 27.8 Å². The average Bonchev–Trinajstić information content (AvgIpc) is 3.60. The highest BCUT2D eigenvalue weighted by Crippen LogP contribution is 2.32. The predicted octanol–water partition coefficient (Wildman–Crippen LogP) is 3.73. The summed E-state index contributed by atoms with van der Waals surface area (Å²) in [7, 11) is 1.87. The molecule has 0 atom stereocenters. The summed E-state index contributed by atoms with van der Waals surface area (Å²) in [5.41, 5.74) is 5.37. The van der Waals surface area contributed by atoms with E-state index in [1.807, 2.05) is 43.8 Å². The second-order valence-electron chi connectivity index (χ2n) is 9.43. The largest absolute Gasteiger partial charge is 0.353 e. The zero-order valence-corrected chi connectivity index (χ0v) is 21.2. The molecular formula is C29H28FN9O. The van der Waals surface area contributed by atoms with Gasteiger partial charge in [0, 0.05) is 79.8 Å². The van der Waals surface area contributed by atoms with Gasteiger partial charge in [0.05, 0.1) is 36.1 Å². The first-order chi connectivity index (χ1) is 19.0. The minimum absolute atomic E-state index is 0. The fourth-order valence-electron chi connectivity index (χ4n) is 4.85. The summed E-state index contributed by atoms with van der Waals surface area (Å²) in [5, 5.41) is 18.3. The monoisotopic (exact) mass is 537 g/mol. The number of hydrogen-bond acceptors (Lipinski definition) is 7. The first-order valence-corrected chi connectivity index (χ1v) is 12.5. The van der Waals surface area contributed by atoms with Crippen molar-refractivity contribution in [3.63, 3.8) is 0 Å². The molecule has 5 aromatic heterocycles. The number of rotatable bonds is 5. The summed E-state index contributed by atoms with van der Waals surface area (Å²) in [4.78, 5) is 25.4. The Balaban J connectivity index is 0.00000323. The fourth-order valence-corrected chi connectivity index (χ4v) is 4.85. The third kappa shape index (κ3) is 5.11. The number of pyridine rings is 3. The van der Waals surface area contributed by atoms with Gasteiger partial charge in [-0.05, 0) is 30.3 Å². The van der Waals surface area contributed by atoms with Crippen molar-refractivity contribution >= 4 is 17.2 Å².